The fraction of sp³-hybridized carbons (Fsp3) is 0.286. The molecule has 0 bridgehead atoms. The lowest BCUT2D eigenvalue weighted by molar-refractivity contribution is -0.138. The highest BCUT2D eigenvalue weighted by molar-refractivity contribution is 7.89. The summed E-state index contributed by atoms with van der Waals surface area (Å²) in [4.78, 5) is 27.1. The predicted octanol–water partition coefficient (Wildman–Crippen LogP) is 4.52. The largest absolute Gasteiger partial charge is 0.334 e. The van der Waals surface area contributed by atoms with Crippen LogP contribution in [-0.4, -0.2) is 42.4 Å². The van der Waals surface area contributed by atoms with Gasteiger partial charge in [-0.3, -0.25) is 9.59 Å². The van der Waals surface area contributed by atoms with Gasteiger partial charge in [0.05, 0.1) is 4.90 Å². The van der Waals surface area contributed by atoms with E-state index in [1.165, 1.54) is 35.5 Å². The summed E-state index contributed by atoms with van der Waals surface area (Å²) in [5.41, 5.74) is 2.60. The summed E-state index contributed by atoms with van der Waals surface area (Å²) in [6.07, 6.45) is 0.952. The third kappa shape index (κ3) is 6.05. The van der Waals surface area contributed by atoms with Gasteiger partial charge >= 0.3 is 0 Å². The summed E-state index contributed by atoms with van der Waals surface area (Å²) in [6, 6.07) is 25.8. The Balaban J connectivity index is 1.44. The SMILES string of the molecule is CC(=O)c1ccc(S(=O)(=O)N2CCC(C(=O)N(Cc3ccccc3)Cc3ccccc3)CC2)cc1. The smallest absolute Gasteiger partial charge is 0.243 e. The van der Waals surface area contributed by atoms with Gasteiger partial charge in [-0.2, -0.15) is 4.31 Å². The Morgan fingerprint density at radius 3 is 1.74 bits per heavy atom. The van der Waals surface area contributed by atoms with Crippen LogP contribution in [0.15, 0.2) is 89.8 Å². The summed E-state index contributed by atoms with van der Waals surface area (Å²) in [5.74, 6) is -0.279. The zero-order chi connectivity index (χ0) is 24.8. The highest BCUT2D eigenvalue weighted by Gasteiger charge is 2.34. The molecule has 0 atom stereocenters. The lowest BCUT2D eigenvalue weighted by atomic mass is 9.96. The van der Waals surface area contributed by atoms with Crippen molar-refractivity contribution in [3.8, 4) is 0 Å². The molecule has 1 heterocycles. The maximum Gasteiger partial charge on any atom is 0.243 e. The molecule has 0 saturated carbocycles. The molecule has 0 radical (unpaired) electrons. The first-order chi connectivity index (χ1) is 16.8. The Hall–Kier alpha value is -3.29. The minimum absolute atomic E-state index is 0.0561. The zero-order valence-electron chi connectivity index (χ0n) is 19.8. The number of sulfonamides is 1. The topological polar surface area (TPSA) is 74.8 Å². The van der Waals surface area contributed by atoms with Crippen LogP contribution in [-0.2, 0) is 27.9 Å². The van der Waals surface area contributed by atoms with Gasteiger partial charge in [0.2, 0.25) is 15.9 Å². The Kier molecular flexibility index (Phi) is 7.78. The van der Waals surface area contributed by atoms with Gasteiger partial charge in [-0.05, 0) is 43.0 Å². The van der Waals surface area contributed by atoms with E-state index in [4.69, 9.17) is 0 Å². The van der Waals surface area contributed by atoms with E-state index in [0.29, 0.717) is 31.5 Å². The Labute approximate surface area is 207 Å². The van der Waals surface area contributed by atoms with E-state index in [0.717, 1.165) is 11.1 Å². The molecular formula is C28H30N2O4S. The molecule has 0 unspecified atom stereocenters. The summed E-state index contributed by atoms with van der Waals surface area (Å²) in [5, 5.41) is 0. The van der Waals surface area contributed by atoms with Crippen LogP contribution in [0.25, 0.3) is 0 Å². The molecule has 3 aromatic carbocycles. The van der Waals surface area contributed by atoms with Gasteiger partial charge in [-0.15, -0.1) is 0 Å². The second kappa shape index (κ2) is 11.0. The summed E-state index contributed by atoms with van der Waals surface area (Å²) in [7, 11) is -3.67. The minimum atomic E-state index is -3.67. The number of hydrogen-bond acceptors (Lipinski definition) is 4. The van der Waals surface area contributed by atoms with Crippen molar-refractivity contribution in [2.24, 2.45) is 5.92 Å². The van der Waals surface area contributed by atoms with Crippen LogP contribution in [0.1, 0.15) is 41.3 Å². The van der Waals surface area contributed by atoms with E-state index in [-0.39, 0.29) is 35.6 Å². The van der Waals surface area contributed by atoms with Crippen molar-refractivity contribution in [1.29, 1.82) is 0 Å². The van der Waals surface area contributed by atoms with Crippen molar-refractivity contribution < 1.29 is 18.0 Å². The number of carbonyl (C=O) groups is 2. The fourth-order valence-electron chi connectivity index (χ4n) is 4.43. The summed E-state index contributed by atoms with van der Waals surface area (Å²) < 4.78 is 27.7. The van der Waals surface area contributed by atoms with Crippen LogP contribution in [0.5, 0.6) is 0 Å². The van der Waals surface area contributed by atoms with E-state index in [2.05, 4.69) is 0 Å². The van der Waals surface area contributed by atoms with Gasteiger partial charge in [0.15, 0.2) is 5.78 Å². The summed E-state index contributed by atoms with van der Waals surface area (Å²) in [6.45, 7) is 3.05. The average molecular weight is 491 g/mol. The number of rotatable bonds is 8. The standard InChI is InChI=1S/C28H30N2O4S/c1-22(31)25-12-14-27(15-13-25)35(33,34)30-18-16-26(17-19-30)28(32)29(20-23-8-4-2-5-9-23)21-24-10-6-3-7-11-24/h2-15,26H,16-21H2,1H3. The number of piperidine rings is 1. The molecule has 7 heteroatoms. The number of nitrogens with zero attached hydrogens (tertiary/aromatic N) is 2. The lowest BCUT2D eigenvalue weighted by Crippen LogP contribution is -2.44. The number of carbonyl (C=O) groups excluding carboxylic acids is 2. The first kappa shape index (κ1) is 24.8. The van der Waals surface area contributed by atoms with E-state index in [9.17, 15) is 18.0 Å². The monoisotopic (exact) mass is 490 g/mol. The van der Waals surface area contributed by atoms with E-state index in [1.807, 2.05) is 65.6 Å². The van der Waals surface area contributed by atoms with Crippen LogP contribution in [0, 0.1) is 5.92 Å². The molecule has 1 amide bonds. The molecule has 1 saturated heterocycles. The van der Waals surface area contributed by atoms with Crippen molar-refractivity contribution in [3.05, 3.63) is 102 Å². The van der Waals surface area contributed by atoms with Crippen LogP contribution >= 0.6 is 0 Å². The maximum atomic E-state index is 13.6. The molecule has 1 aliphatic heterocycles. The van der Waals surface area contributed by atoms with E-state index >= 15 is 0 Å². The molecular weight excluding hydrogens is 460 g/mol. The van der Waals surface area contributed by atoms with Gasteiger partial charge in [-0.1, -0.05) is 72.8 Å². The summed E-state index contributed by atoms with van der Waals surface area (Å²) >= 11 is 0. The van der Waals surface area contributed by atoms with Crippen LogP contribution < -0.4 is 0 Å². The number of amides is 1. The van der Waals surface area contributed by atoms with Gasteiger partial charge in [0, 0.05) is 37.7 Å². The van der Waals surface area contributed by atoms with Gasteiger partial charge < -0.3 is 4.90 Å². The zero-order valence-corrected chi connectivity index (χ0v) is 20.7. The lowest BCUT2D eigenvalue weighted by Gasteiger charge is -2.34. The normalized spacial score (nSPS) is 15.0. The maximum absolute atomic E-state index is 13.6. The third-order valence-corrected chi connectivity index (χ3v) is 8.36. The molecule has 182 valence electrons. The van der Waals surface area contributed by atoms with E-state index in [1.54, 1.807) is 0 Å². The van der Waals surface area contributed by atoms with Gasteiger partial charge in [0.1, 0.15) is 0 Å². The minimum Gasteiger partial charge on any atom is -0.334 e. The van der Waals surface area contributed by atoms with Crippen LogP contribution in [0.3, 0.4) is 0 Å². The molecule has 0 spiro atoms. The number of ketones is 1. The number of hydrogen-bond donors (Lipinski definition) is 0. The molecule has 6 nitrogen and oxygen atoms in total. The van der Waals surface area contributed by atoms with Crippen molar-refractivity contribution in [2.45, 2.75) is 37.8 Å². The van der Waals surface area contributed by atoms with Crippen molar-refractivity contribution in [3.63, 3.8) is 0 Å². The molecule has 1 fully saturated rings. The molecule has 35 heavy (non-hydrogen) atoms. The third-order valence-electron chi connectivity index (χ3n) is 6.45. The van der Waals surface area contributed by atoms with Crippen LogP contribution in [0.4, 0.5) is 0 Å². The van der Waals surface area contributed by atoms with Gasteiger partial charge in [0.25, 0.3) is 0 Å². The Bertz CT molecular complexity index is 1210. The second-order valence-electron chi connectivity index (χ2n) is 8.92. The first-order valence-electron chi connectivity index (χ1n) is 11.8. The van der Waals surface area contributed by atoms with Crippen molar-refractivity contribution in [1.82, 2.24) is 9.21 Å². The second-order valence-corrected chi connectivity index (χ2v) is 10.9. The molecule has 3 aromatic rings. The predicted molar refractivity (Wildman–Crippen MR) is 135 cm³/mol. The molecule has 1 aliphatic rings. The quantitative estimate of drug-likeness (QED) is 0.435. The highest BCUT2D eigenvalue weighted by atomic mass is 32.2. The molecule has 4 rings (SSSR count). The fourth-order valence-corrected chi connectivity index (χ4v) is 5.90. The van der Waals surface area contributed by atoms with Gasteiger partial charge in [-0.25, -0.2) is 8.42 Å². The highest BCUT2D eigenvalue weighted by Crippen LogP contribution is 2.26. The molecule has 0 aromatic heterocycles. The first-order valence-corrected chi connectivity index (χ1v) is 13.3. The Morgan fingerprint density at radius 2 is 1.29 bits per heavy atom. The van der Waals surface area contributed by atoms with Crippen LogP contribution in [0.2, 0.25) is 0 Å². The molecule has 0 aliphatic carbocycles. The number of Topliss-reactive ketones (excluding diaryl/α,β-unsaturated/α-hetero) is 1. The van der Waals surface area contributed by atoms with Crippen molar-refractivity contribution in [2.75, 3.05) is 13.1 Å². The average Bonchev–Trinajstić information content (AvgIpc) is 2.89. The Morgan fingerprint density at radius 1 is 0.800 bits per heavy atom. The van der Waals surface area contributed by atoms with Crippen molar-refractivity contribution >= 4 is 21.7 Å². The van der Waals surface area contributed by atoms with E-state index < -0.39 is 10.0 Å². The number of benzene rings is 3. The molecule has 0 N–H and O–H groups in total.